The Labute approximate surface area is 174 Å². The molecule has 0 saturated carbocycles. The van der Waals surface area contributed by atoms with E-state index in [0.717, 1.165) is 6.42 Å². The van der Waals surface area contributed by atoms with Crippen LogP contribution in [0.1, 0.15) is 39.5 Å². The number of nitrogens with zero attached hydrogens (tertiary/aromatic N) is 3. The van der Waals surface area contributed by atoms with Crippen molar-refractivity contribution < 1.29 is 23.4 Å². The zero-order valence-electron chi connectivity index (χ0n) is 17.3. The van der Waals surface area contributed by atoms with Gasteiger partial charge in [-0.05, 0) is 43.2 Å². The summed E-state index contributed by atoms with van der Waals surface area (Å²) >= 11 is 0. The highest BCUT2D eigenvalue weighted by molar-refractivity contribution is 5.67. The highest BCUT2D eigenvalue weighted by atomic mass is 19.1. The van der Waals surface area contributed by atoms with Crippen LogP contribution in [0.3, 0.4) is 0 Å². The first-order valence-corrected chi connectivity index (χ1v) is 10.3. The number of aromatic nitrogens is 2. The highest BCUT2D eigenvalue weighted by Gasteiger charge is 2.26. The number of anilines is 1. The molecule has 6 nitrogen and oxygen atoms in total. The molecule has 0 spiro atoms. The van der Waals surface area contributed by atoms with Crippen LogP contribution in [0, 0.1) is 23.5 Å². The van der Waals surface area contributed by atoms with E-state index in [2.05, 4.69) is 23.8 Å². The molecule has 162 valence electrons. The Morgan fingerprint density at radius 2 is 1.93 bits per heavy atom. The fourth-order valence-corrected chi connectivity index (χ4v) is 3.57. The van der Waals surface area contributed by atoms with Crippen LogP contribution in [0.4, 0.5) is 14.5 Å². The maximum atomic E-state index is 14.8. The lowest BCUT2D eigenvalue weighted by atomic mass is 9.93. The van der Waals surface area contributed by atoms with Crippen molar-refractivity contribution in [3.8, 4) is 17.3 Å². The van der Waals surface area contributed by atoms with E-state index in [0.29, 0.717) is 44.3 Å². The zero-order chi connectivity index (χ0) is 21.7. The minimum absolute atomic E-state index is 0.0379. The largest absolute Gasteiger partial charge is 0.481 e. The Morgan fingerprint density at radius 3 is 2.53 bits per heavy atom. The summed E-state index contributed by atoms with van der Waals surface area (Å²) in [5, 5.41) is 8.91. The molecule has 8 heteroatoms. The normalized spacial score (nSPS) is 14.9. The van der Waals surface area contributed by atoms with Gasteiger partial charge in [0, 0.05) is 37.3 Å². The van der Waals surface area contributed by atoms with Crippen molar-refractivity contribution in [2.24, 2.45) is 11.8 Å². The summed E-state index contributed by atoms with van der Waals surface area (Å²) in [4.78, 5) is 20.9. The zero-order valence-corrected chi connectivity index (χ0v) is 17.3. The number of piperidine rings is 1. The van der Waals surface area contributed by atoms with Crippen LogP contribution in [-0.2, 0) is 4.79 Å². The number of halogens is 2. The molecular formula is C22H27F2N3O3. The van der Waals surface area contributed by atoms with E-state index in [1.54, 1.807) is 11.0 Å². The number of rotatable bonds is 8. The van der Waals surface area contributed by atoms with E-state index in [1.165, 1.54) is 18.3 Å². The Hall–Kier alpha value is -2.77. The van der Waals surface area contributed by atoms with E-state index < -0.39 is 17.6 Å². The molecule has 0 atom stereocenters. The fraction of sp³-hybridized carbons (Fsp3) is 0.500. The van der Waals surface area contributed by atoms with Gasteiger partial charge in [-0.1, -0.05) is 13.8 Å². The summed E-state index contributed by atoms with van der Waals surface area (Å²) in [7, 11) is 0. The molecule has 0 radical (unpaired) electrons. The van der Waals surface area contributed by atoms with Gasteiger partial charge in [0.15, 0.2) is 5.82 Å². The van der Waals surface area contributed by atoms with Crippen molar-refractivity contribution in [3.05, 3.63) is 36.0 Å². The highest BCUT2D eigenvalue weighted by Crippen LogP contribution is 2.32. The van der Waals surface area contributed by atoms with Crippen LogP contribution in [-0.4, -0.2) is 40.7 Å². The van der Waals surface area contributed by atoms with Crippen LogP contribution < -0.4 is 9.64 Å². The molecule has 2 heterocycles. The average molecular weight is 419 g/mol. The first-order chi connectivity index (χ1) is 14.3. The molecule has 1 aliphatic rings. The van der Waals surface area contributed by atoms with Crippen LogP contribution in [0.25, 0.3) is 11.4 Å². The average Bonchev–Trinajstić information content (AvgIpc) is 2.68. The van der Waals surface area contributed by atoms with Crippen molar-refractivity contribution in [3.63, 3.8) is 0 Å². The first-order valence-electron chi connectivity index (χ1n) is 10.3. The Morgan fingerprint density at radius 1 is 1.27 bits per heavy atom. The summed E-state index contributed by atoms with van der Waals surface area (Å²) < 4.78 is 35.2. The van der Waals surface area contributed by atoms with Gasteiger partial charge in [-0.25, -0.2) is 13.8 Å². The Balaban J connectivity index is 1.73. The summed E-state index contributed by atoms with van der Waals surface area (Å²) in [6.45, 7) is 5.53. The number of hydrogen-bond acceptors (Lipinski definition) is 5. The Kier molecular flexibility index (Phi) is 7.18. The predicted molar refractivity (Wildman–Crippen MR) is 110 cm³/mol. The number of carboxylic acids is 1. The van der Waals surface area contributed by atoms with Gasteiger partial charge in [-0.15, -0.1) is 0 Å². The number of carboxylic acid groups (broad SMARTS) is 1. The SMILES string of the molecule is CC(C)CCOc1ccnc(-c2cc(F)c(N3CCC(CC(=O)O)CC3)c(F)c2)n1. The number of aliphatic carboxylic acids is 1. The molecule has 0 bridgehead atoms. The first kappa shape index (κ1) is 21.9. The number of carbonyl (C=O) groups is 1. The molecule has 1 aromatic carbocycles. The molecule has 0 aliphatic carbocycles. The smallest absolute Gasteiger partial charge is 0.303 e. The molecule has 1 fully saturated rings. The maximum Gasteiger partial charge on any atom is 0.303 e. The van der Waals surface area contributed by atoms with Crippen molar-refractivity contribution in [1.82, 2.24) is 9.97 Å². The van der Waals surface area contributed by atoms with E-state index in [1.807, 2.05) is 0 Å². The second-order valence-electron chi connectivity index (χ2n) is 8.07. The topological polar surface area (TPSA) is 75.5 Å². The van der Waals surface area contributed by atoms with Crippen LogP contribution >= 0.6 is 0 Å². The monoisotopic (exact) mass is 419 g/mol. The van der Waals surface area contributed by atoms with Crippen LogP contribution in [0.2, 0.25) is 0 Å². The second-order valence-corrected chi connectivity index (χ2v) is 8.07. The molecule has 1 aromatic heterocycles. The quantitative estimate of drug-likeness (QED) is 0.677. The van der Waals surface area contributed by atoms with Gasteiger partial charge < -0.3 is 14.7 Å². The van der Waals surface area contributed by atoms with Gasteiger partial charge >= 0.3 is 5.97 Å². The molecular weight excluding hydrogens is 392 g/mol. The third kappa shape index (κ3) is 5.64. The molecule has 1 aliphatic heterocycles. The standard InChI is InChI=1S/C22H27F2N3O3/c1-14(2)6-10-30-19-3-7-25-22(26-19)16-12-17(23)21(18(24)13-16)27-8-4-15(5-9-27)11-20(28)29/h3,7,12-15H,4-6,8-11H2,1-2H3,(H,28,29). The van der Waals surface area contributed by atoms with E-state index in [4.69, 9.17) is 9.84 Å². The predicted octanol–water partition coefficient (Wildman–Crippen LogP) is 4.54. The third-order valence-electron chi connectivity index (χ3n) is 5.24. The van der Waals surface area contributed by atoms with Crippen molar-refractivity contribution in [2.75, 3.05) is 24.6 Å². The molecule has 1 N–H and O–H groups in total. The molecule has 0 amide bonds. The maximum absolute atomic E-state index is 14.8. The van der Waals surface area contributed by atoms with E-state index >= 15 is 0 Å². The molecule has 3 rings (SSSR count). The minimum atomic E-state index is -0.842. The molecule has 1 saturated heterocycles. The van der Waals surface area contributed by atoms with Gasteiger partial charge in [0.05, 0.1) is 6.61 Å². The lowest BCUT2D eigenvalue weighted by molar-refractivity contribution is -0.138. The van der Waals surface area contributed by atoms with Crippen molar-refractivity contribution in [2.45, 2.75) is 39.5 Å². The summed E-state index contributed by atoms with van der Waals surface area (Å²) in [6, 6.07) is 4.08. The fourth-order valence-electron chi connectivity index (χ4n) is 3.57. The van der Waals surface area contributed by atoms with Gasteiger partial charge in [0.25, 0.3) is 0 Å². The number of ether oxygens (including phenoxy) is 1. The van der Waals surface area contributed by atoms with Crippen LogP contribution in [0.5, 0.6) is 5.88 Å². The molecule has 30 heavy (non-hydrogen) atoms. The van der Waals surface area contributed by atoms with E-state index in [9.17, 15) is 13.6 Å². The van der Waals surface area contributed by atoms with E-state index in [-0.39, 0.29) is 29.4 Å². The lowest BCUT2D eigenvalue weighted by Gasteiger charge is -2.33. The summed E-state index contributed by atoms with van der Waals surface area (Å²) in [5.74, 6) is -1.11. The number of hydrogen-bond donors (Lipinski definition) is 1. The van der Waals surface area contributed by atoms with Gasteiger partial charge in [-0.2, -0.15) is 4.98 Å². The van der Waals surface area contributed by atoms with Crippen LogP contribution in [0.15, 0.2) is 24.4 Å². The molecule has 2 aromatic rings. The minimum Gasteiger partial charge on any atom is -0.481 e. The summed E-state index contributed by atoms with van der Waals surface area (Å²) in [5.41, 5.74) is 0.153. The van der Waals surface area contributed by atoms with Crippen molar-refractivity contribution in [1.29, 1.82) is 0 Å². The molecule has 0 unspecified atom stereocenters. The number of benzene rings is 1. The van der Waals surface area contributed by atoms with Gasteiger partial charge in [-0.3, -0.25) is 4.79 Å². The lowest BCUT2D eigenvalue weighted by Crippen LogP contribution is -2.35. The summed E-state index contributed by atoms with van der Waals surface area (Å²) in [6.07, 6.45) is 3.65. The Bertz CT molecular complexity index is 861. The third-order valence-corrected chi connectivity index (χ3v) is 5.24. The second kappa shape index (κ2) is 9.82. The van der Waals surface area contributed by atoms with Crippen molar-refractivity contribution >= 4 is 11.7 Å². The van der Waals surface area contributed by atoms with Gasteiger partial charge in [0.2, 0.25) is 5.88 Å². The van der Waals surface area contributed by atoms with Gasteiger partial charge in [0.1, 0.15) is 17.3 Å².